The van der Waals surface area contributed by atoms with Gasteiger partial charge in [0.1, 0.15) is 34.1 Å². The quantitative estimate of drug-likeness (QED) is 0.321. The van der Waals surface area contributed by atoms with Gasteiger partial charge in [0.15, 0.2) is 5.60 Å². The number of hydrogen-bond donors (Lipinski definition) is 1. The van der Waals surface area contributed by atoms with Crippen LogP contribution in [0.3, 0.4) is 0 Å². The molecule has 1 N–H and O–H groups in total. The number of nitrogens with one attached hydrogen (secondary N) is 1. The molecule has 0 fully saturated rings. The first kappa shape index (κ1) is 23.9. The highest BCUT2D eigenvalue weighted by Gasteiger charge is 2.19. The fourth-order valence-corrected chi connectivity index (χ4v) is 4.37. The molecule has 0 aliphatic rings. The molecule has 0 saturated heterocycles. The van der Waals surface area contributed by atoms with Crippen molar-refractivity contribution in [1.29, 1.82) is 5.26 Å². The molecule has 3 aromatic carbocycles. The number of nitriles is 1. The van der Waals surface area contributed by atoms with Crippen LogP contribution in [0.15, 0.2) is 66.7 Å². The Morgan fingerprint density at radius 1 is 1.03 bits per heavy atom. The summed E-state index contributed by atoms with van der Waals surface area (Å²) in [5.74, 6) is 1.38. The van der Waals surface area contributed by atoms with Gasteiger partial charge in [-0.3, -0.25) is 9.59 Å². The molecular formula is C27H23N3O4S. The summed E-state index contributed by atoms with van der Waals surface area (Å²) in [6, 6.07) is 21.4. The van der Waals surface area contributed by atoms with E-state index in [-0.39, 0.29) is 11.7 Å². The highest BCUT2D eigenvalue weighted by molar-refractivity contribution is 7.18. The van der Waals surface area contributed by atoms with E-state index in [1.54, 1.807) is 69.3 Å². The number of benzene rings is 3. The van der Waals surface area contributed by atoms with E-state index in [9.17, 15) is 9.59 Å². The summed E-state index contributed by atoms with van der Waals surface area (Å²) in [4.78, 5) is 28.6. The molecule has 0 atom stereocenters. The molecule has 0 aliphatic carbocycles. The van der Waals surface area contributed by atoms with Gasteiger partial charge < -0.3 is 14.8 Å². The normalized spacial score (nSPS) is 11.0. The van der Waals surface area contributed by atoms with Crippen LogP contribution in [0, 0.1) is 11.3 Å². The van der Waals surface area contributed by atoms with Gasteiger partial charge in [0.05, 0.1) is 16.6 Å². The molecule has 0 bridgehead atoms. The number of Topliss-reactive ketones (excluding diaryl/α,β-unsaturated/α-hetero) is 1. The maximum absolute atomic E-state index is 12.8. The van der Waals surface area contributed by atoms with Gasteiger partial charge in [0.2, 0.25) is 0 Å². The predicted molar refractivity (Wildman–Crippen MR) is 135 cm³/mol. The molecule has 0 aliphatic heterocycles. The lowest BCUT2D eigenvalue weighted by molar-refractivity contribution is -0.116. The summed E-state index contributed by atoms with van der Waals surface area (Å²) < 4.78 is 12.6. The number of amides is 1. The zero-order valence-corrected chi connectivity index (χ0v) is 20.3. The average molecular weight is 486 g/mol. The summed E-state index contributed by atoms with van der Waals surface area (Å²) in [5, 5.41) is 12.8. The Labute approximate surface area is 206 Å². The van der Waals surface area contributed by atoms with Crippen LogP contribution in [0.5, 0.6) is 17.2 Å². The number of aromatic nitrogens is 1. The zero-order chi connectivity index (χ0) is 25.0. The Kier molecular flexibility index (Phi) is 6.80. The third-order valence-electron chi connectivity index (χ3n) is 4.87. The van der Waals surface area contributed by atoms with Gasteiger partial charge in [-0.2, -0.15) is 5.26 Å². The monoisotopic (exact) mass is 485 g/mol. The molecule has 7 nitrogen and oxygen atoms in total. The lowest BCUT2D eigenvalue weighted by Gasteiger charge is -2.18. The number of hydrogen-bond acceptors (Lipinski definition) is 7. The topological polar surface area (TPSA) is 101 Å². The molecule has 8 heteroatoms. The van der Waals surface area contributed by atoms with Crippen molar-refractivity contribution in [1.82, 2.24) is 4.98 Å². The standard InChI is InChI=1S/C27H23N3O4S/c1-17(31)12-25-30-23-11-10-21(15-24(23)35-25)33-20-8-5-7-19(14-20)29-26(32)18-6-4-9-22(13-18)34-27(2,3)16-28/h4-11,13-15H,12H2,1-3H3,(H,29,32). The Balaban J connectivity index is 1.46. The first-order valence-electron chi connectivity index (χ1n) is 10.9. The highest BCUT2D eigenvalue weighted by atomic mass is 32.1. The molecule has 4 rings (SSSR count). The van der Waals surface area contributed by atoms with Gasteiger partial charge in [-0.15, -0.1) is 11.3 Å². The minimum atomic E-state index is -1.00. The van der Waals surface area contributed by atoms with Crippen molar-refractivity contribution in [3.05, 3.63) is 77.3 Å². The summed E-state index contributed by atoms with van der Waals surface area (Å²) >= 11 is 1.47. The number of thiazole rings is 1. The molecule has 35 heavy (non-hydrogen) atoms. The van der Waals surface area contributed by atoms with Crippen molar-refractivity contribution < 1.29 is 19.1 Å². The van der Waals surface area contributed by atoms with Gasteiger partial charge in [0, 0.05) is 23.4 Å². The Hall–Kier alpha value is -4.22. The molecular weight excluding hydrogens is 462 g/mol. The summed E-state index contributed by atoms with van der Waals surface area (Å²) in [5.41, 5.74) is 0.792. The maximum atomic E-state index is 12.8. The molecule has 0 unspecified atom stereocenters. The second-order valence-corrected chi connectivity index (χ2v) is 9.57. The number of fused-ring (bicyclic) bond motifs is 1. The van der Waals surface area contributed by atoms with Gasteiger partial charge in [-0.25, -0.2) is 4.98 Å². The molecule has 4 aromatic rings. The number of ether oxygens (including phenoxy) is 2. The van der Waals surface area contributed by atoms with Gasteiger partial charge in [0.25, 0.3) is 5.91 Å². The van der Waals surface area contributed by atoms with Crippen molar-refractivity contribution in [2.24, 2.45) is 0 Å². The molecule has 1 aromatic heterocycles. The zero-order valence-electron chi connectivity index (χ0n) is 19.5. The maximum Gasteiger partial charge on any atom is 0.255 e. The van der Waals surface area contributed by atoms with Crippen LogP contribution in [-0.4, -0.2) is 22.3 Å². The van der Waals surface area contributed by atoms with E-state index >= 15 is 0 Å². The fourth-order valence-electron chi connectivity index (χ4n) is 3.30. The number of ketones is 1. The number of nitrogens with zero attached hydrogens (tertiary/aromatic N) is 2. The SMILES string of the molecule is CC(=O)Cc1nc2ccc(Oc3cccc(NC(=O)c4cccc(OC(C)(C)C#N)c4)c3)cc2s1. The van der Waals surface area contributed by atoms with Crippen LogP contribution in [0.1, 0.15) is 36.1 Å². The van der Waals surface area contributed by atoms with Crippen LogP contribution < -0.4 is 14.8 Å². The van der Waals surface area contributed by atoms with E-state index in [2.05, 4.69) is 16.4 Å². The predicted octanol–water partition coefficient (Wildman–Crippen LogP) is 6.15. The first-order chi connectivity index (χ1) is 16.7. The summed E-state index contributed by atoms with van der Waals surface area (Å²) in [7, 11) is 0. The minimum Gasteiger partial charge on any atom is -0.473 e. The number of carbonyl (C=O) groups is 2. The molecule has 1 amide bonds. The van der Waals surface area contributed by atoms with Crippen LogP contribution in [0.4, 0.5) is 5.69 Å². The third kappa shape index (κ3) is 6.22. The van der Waals surface area contributed by atoms with Gasteiger partial charge in [-0.1, -0.05) is 12.1 Å². The minimum absolute atomic E-state index is 0.0738. The van der Waals surface area contributed by atoms with Crippen molar-refractivity contribution >= 4 is 38.9 Å². The van der Waals surface area contributed by atoms with Crippen LogP contribution >= 0.6 is 11.3 Å². The Bertz CT molecular complexity index is 1450. The van der Waals surface area contributed by atoms with E-state index in [4.69, 9.17) is 14.7 Å². The van der Waals surface area contributed by atoms with Crippen LogP contribution in [0.2, 0.25) is 0 Å². The van der Waals surface area contributed by atoms with Crippen molar-refractivity contribution in [3.8, 4) is 23.3 Å². The lowest BCUT2D eigenvalue weighted by Crippen LogP contribution is -2.25. The van der Waals surface area contributed by atoms with E-state index in [0.29, 0.717) is 34.9 Å². The number of carbonyl (C=O) groups excluding carboxylic acids is 2. The second-order valence-electron chi connectivity index (χ2n) is 8.45. The largest absolute Gasteiger partial charge is 0.473 e. The number of anilines is 1. The smallest absolute Gasteiger partial charge is 0.255 e. The summed E-state index contributed by atoms with van der Waals surface area (Å²) in [6.45, 7) is 4.86. The van der Waals surface area contributed by atoms with Crippen LogP contribution in [0.25, 0.3) is 10.2 Å². The summed E-state index contributed by atoms with van der Waals surface area (Å²) in [6.07, 6.45) is 0.322. The molecule has 176 valence electrons. The van der Waals surface area contributed by atoms with Crippen molar-refractivity contribution in [2.45, 2.75) is 32.8 Å². The molecule has 0 radical (unpaired) electrons. The van der Waals surface area contributed by atoms with E-state index in [1.165, 1.54) is 11.3 Å². The van der Waals surface area contributed by atoms with Crippen molar-refractivity contribution in [3.63, 3.8) is 0 Å². The molecule has 1 heterocycles. The van der Waals surface area contributed by atoms with Gasteiger partial charge in [-0.05, 0) is 63.2 Å². The highest BCUT2D eigenvalue weighted by Crippen LogP contribution is 2.30. The number of rotatable bonds is 8. The fraction of sp³-hybridized carbons (Fsp3) is 0.185. The van der Waals surface area contributed by atoms with E-state index in [0.717, 1.165) is 15.2 Å². The van der Waals surface area contributed by atoms with E-state index < -0.39 is 5.60 Å². The Morgan fingerprint density at radius 3 is 2.54 bits per heavy atom. The second kappa shape index (κ2) is 9.95. The molecule has 0 spiro atoms. The van der Waals surface area contributed by atoms with Gasteiger partial charge >= 0.3 is 0 Å². The lowest BCUT2D eigenvalue weighted by atomic mass is 10.1. The van der Waals surface area contributed by atoms with E-state index in [1.807, 2.05) is 18.2 Å². The first-order valence-corrected chi connectivity index (χ1v) is 11.7. The average Bonchev–Trinajstić information content (AvgIpc) is 3.20. The Morgan fingerprint density at radius 2 is 1.77 bits per heavy atom. The molecule has 0 saturated carbocycles. The third-order valence-corrected chi connectivity index (χ3v) is 5.89. The van der Waals surface area contributed by atoms with Crippen molar-refractivity contribution in [2.75, 3.05) is 5.32 Å². The van der Waals surface area contributed by atoms with Crippen LogP contribution in [-0.2, 0) is 11.2 Å².